The molecule has 2 rings (SSSR count). The van der Waals surface area contributed by atoms with Crippen LogP contribution in [0, 0.1) is 0 Å². The number of hydrogen-bond donors (Lipinski definition) is 1. The molecule has 3 heteroatoms. The van der Waals surface area contributed by atoms with Crippen molar-refractivity contribution in [3.8, 4) is 0 Å². The Kier molecular flexibility index (Phi) is 3.34. The molecular weight excluding hydrogens is 200 g/mol. The van der Waals surface area contributed by atoms with E-state index in [0.29, 0.717) is 0 Å². The summed E-state index contributed by atoms with van der Waals surface area (Å²) in [5, 5.41) is 9.35. The van der Waals surface area contributed by atoms with Gasteiger partial charge in [-0.15, -0.1) is 0 Å². The number of nitrogens with zero attached hydrogens (tertiary/aromatic N) is 2. The maximum Gasteiger partial charge on any atom is 0.0604 e. The molecule has 0 spiro atoms. The standard InChI is InChI=1S/C13H20N2O/c1-11(16)7-8-15-10-9-14(2)12-5-3-4-6-13(12)15/h3-6,11,16H,7-10H2,1-2H3. The summed E-state index contributed by atoms with van der Waals surface area (Å²) < 4.78 is 0. The molecule has 0 aromatic heterocycles. The second-order valence-corrected chi connectivity index (χ2v) is 4.54. The molecule has 0 amide bonds. The zero-order valence-corrected chi connectivity index (χ0v) is 10.1. The molecule has 1 N–H and O–H groups in total. The van der Waals surface area contributed by atoms with Crippen molar-refractivity contribution in [3.63, 3.8) is 0 Å². The Bertz CT molecular complexity index is 352. The lowest BCUT2D eigenvalue weighted by Gasteiger charge is -2.37. The van der Waals surface area contributed by atoms with Crippen LogP contribution in [0.3, 0.4) is 0 Å². The maximum atomic E-state index is 9.35. The van der Waals surface area contributed by atoms with Crippen molar-refractivity contribution in [1.29, 1.82) is 0 Å². The molecule has 0 saturated carbocycles. The topological polar surface area (TPSA) is 26.7 Å². The van der Waals surface area contributed by atoms with Crippen molar-refractivity contribution in [1.82, 2.24) is 0 Å². The van der Waals surface area contributed by atoms with Crippen LogP contribution in [-0.2, 0) is 0 Å². The number of aliphatic hydroxyl groups excluding tert-OH is 1. The molecule has 0 fully saturated rings. The first-order valence-corrected chi connectivity index (χ1v) is 5.91. The van der Waals surface area contributed by atoms with E-state index in [0.717, 1.165) is 26.1 Å². The van der Waals surface area contributed by atoms with Gasteiger partial charge in [-0.2, -0.15) is 0 Å². The van der Waals surface area contributed by atoms with Gasteiger partial charge in [0.1, 0.15) is 0 Å². The van der Waals surface area contributed by atoms with E-state index in [9.17, 15) is 5.11 Å². The van der Waals surface area contributed by atoms with E-state index >= 15 is 0 Å². The second kappa shape index (κ2) is 4.74. The number of aliphatic hydroxyl groups is 1. The Balaban J connectivity index is 2.15. The lowest BCUT2D eigenvalue weighted by atomic mass is 10.1. The van der Waals surface area contributed by atoms with Crippen LogP contribution in [0.5, 0.6) is 0 Å². The molecular formula is C13H20N2O. The van der Waals surface area contributed by atoms with Gasteiger partial charge >= 0.3 is 0 Å². The molecule has 1 aliphatic rings. The van der Waals surface area contributed by atoms with Gasteiger partial charge in [-0.25, -0.2) is 0 Å². The Morgan fingerprint density at radius 3 is 2.62 bits per heavy atom. The van der Waals surface area contributed by atoms with Gasteiger partial charge < -0.3 is 14.9 Å². The number of anilines is 2. The first-order chi connectivity index (χ1) is 7.68. The number of para-hydroxylation sites is 2. The van der Waals surface area contributed by atoms with Crippen molar-refractivity contribution >= 4 is 11.4 Å². The molecule has 0 aliphatic carbocycles. The summed E-state index contributed by atoms with van der Waals surface area (Å²) in [6, 6.07) is 8.47. The zero-order chi connectivity index (χ0) is 11.5. The zero-order valence-electron chi connectivity index (χ0n) is 10.1. The third kappa shape index (κ3) is 2.30. The van der Waals surface area contributed by atoms with Gasteiger partial charge in [0.15, 0.2) is 0 Å². The van der Waals surface area contributed by atoms with Gasteiger partial charge in [0, 0.05) is 26.7 Å². The number of hydrogen-bond acceptors (Lipinski definition) is 3. The number of fused-ring (bicyclic) bond motifs is 1. The van der Waals surface area contributed by atoms with E-state index in [-0.39, 0.29) is 6.10 Å². The molecule has 1 aromatic carbocycles. The van der Waals surface area contributed by atoms with Crippen molar-refractivity contribution in [2.75, 3.05) is 36.5 Å². The average Bonchev–Trinajstić information content (AvgIpc) is 2.28. The van der Waals surface area contributed by atoms with Crippen molar-refractivity contribution in [2.24, 2.45) is 0 Å². The second-order valence-electron chi connectivity index (χ2n) is 4.54. The Morgan fingerprint density at radius 2 is 1.94 bits per heavy atom. The van der Waals surface area contributed by atoms with Gasteiger partial charge in [-0.05, 0) is 25.5 Å². The monoisotopic (exact) mass is 220 g/mol. The third-order valence-electron chi connectivity index (χ3n) is 3.16. The normalized spacial score (nSPS) is 17.2. The largest absolute Gasteiger partial charge is 0.393 e. The molecule has 1 heterocycles. The number of rotatable bonds is 3. The molecule has 88 valence electrons. The molecule has 1 aliphatic heterocycles. The smallest absolute Gasteiger partial charge is 0.0604 e. The van der Waals surface area contributed by atoms with Crippen LogP contribution in [0.4, 0.5) is 11.4 Å². The minimum atomic E-state index is -0.216. The van der Waals surface area contributed by atoms with Crippen LogP contribution >= 0.6 is 0 Å². The van der Waals surface area contributed by atoms with Crippen LogP contribution in [-0.4, -0.2) is 37.9 Å². The van der Waals surface area contributed by atoms with Crippen LogP contribution in [0.25, 0.3) is 0 Å². The highest BCUT2D eigenvalue weighted by atomic mass is 16.3. The van der Waals surface area contributed by atoms with Gasteiger partial charge in [-0.1, -0.05) is 12.1 Å². The van der Waals surface area contributed by atoms with Crippen LogP contribution in [0.15, 0.2) is 24.3 Å². The molecule has 0 radical (unpaired) electrons. The lowest BCUT2D eigenvalue weighted by Crippen LogP contribution is -2.40. The quantitative estimate of drug-likeness (QED) is 0.840. The van der Waals surface area contributed by atoms with Gasteiger partial charge in [0.2, 0.25) is 0 Å². The molecule has 16 heavy (non-hydrogen) atoms. The fourth-order valence-corrected chi connectivity index (χ4v) is 2.14. The highest BCUT2D eigenvalue weighted by molar-refractivity contribution is 5.72. The Labute approximate surface area is 97.3 Å². The summed E-state index contributed by atoms with van der Waals surface area (Å²) in [7, 11) is 2.13. The maximum absolute atomic E-state index is 9.35. The Morgan fingerprint density at radius 1 is 1.25 bits per heavy atom. The van der Waals surface area contributed by atoms with Gasteiger partial charge in [-0.3, -0.25) is 0 Å². The molecule has 3 nitrogen and oxygen atoms in total. The summed E-state index contributed by atoms with van der Waals surface area (Å²) in [5.41, 5.74) is 2.58. The van der Waals surface area contributed by atoms with Gasteiger partial charge in [0.05, 0.1) is 17.5 Å². The SMILES string of the molecule is CC(O)CCN1CCN(C)c2ccccc21. The van der Waals surface area contributed by atoms with Crippen LogP contribution in [0.2, 0.25) is 0 Å². The first kappa shape index (κ1) is 11.3. The minimum Gasteiger partial charge on any atom is -0.393 e. The van der Waals surface area contributed by atoms with E-state index in [4.69, 9.17) is 0 Å². The van der Waals surface area contributed by atoms with E-state index in [1.807, 2.05) is 6.92 Å². The lowest BCUT2D eigenvalue weighted by molar-refractivity contribution is 0.186. The van der Waals surface area contributed by atoms with Crippen molar-refractivity contribution in [2.45, 2.75) is 19.4 Å². The van der Waals surface area contributed by atoms with E-state index in [1.54, 1.807) is 0 Å². The third-order valence-corrected chi connectivity index (χ3v) is 3.16. The average molecular weight is 220 g/mol. The van der Waals surface area contributed by atoms with Crippen LogP contribution < -0.4 is 9.80 Å². The fourth-order valence-electron chi connectivity index (χ4n) is 2.14. The van der Waals surface area contributed by atoms with E-state index < -0.39 is 0 Å². The highest BCUT2D eigenvalue weighted by Gasteiger charge is 2.19. The number of benzene rings is 1. The molecule has 0 bridgehead atoms. The first-order valence-electron chi connectivity index (χ1n) is 5.91. The summed E-state index contributed by atoms with van der Waals surface area (Å²) in [6.07, 6.45) is 0.615. The predicted molar refractivity (Wildman–Crippen MR) is 68.2 cm³/mol. The van der Waals surface area contributed by atoms with Gasteiger partial charge in [0.25, 0.3) is 0 Å². The van der Waals surface area contributed by atoms with Crippen molar-refractivity contribution < 1.29 is 5.11 Å². The summed E-state index contributed by atoms with van der Waals surface area (Å²) in [5.74, 6) is 0. The fraction of sp³-hybridized carbons (Fsp3) is 0.538. The summed E-state index contributed by atoms with van der Waals surface area (Å²) in [6.45, 7) is 4.88. The minimum absolute atomic E-state index is 0.216. The Hall–Kier alpha value is -1.22. The molecule has 1 unspecified atom stereocenters. The summed E-state index contributed by atoms with van der Waals surface area (Å²) >= 11 is 0. The molecule has 1 atom stereocenters. The number of likely N-dealkylation sites (N-methyl/N-ethyl adjacent to an activating group) is 1. The molecule has 1 aromatic rings. The van der Waals surface area contributed by atoms with Crippen LogP contribution in [0.1, 0.15) is 13.3 Å². The predicted octanol–water partition coefficient (Wildman–Crippen LogP) is 1.71. The summed E-state index contributed by atoms with van der Waals surface area (Å²) in [4.78, 5) is 4.65. The van der Waals surface area contributed by atoms with E-state index in [2.05, 4.69) is 41.1 Å². The highest BCUT2D eigenvalue weighted by Crippen LogP contribution is 2.31. The van der Waals surface area contributed by atoms with Crippen molar-refractivity contribution in [3.05, 3.63) is 24.3 Å². The van der Waals surface area contributed by atoms with E-state index in [1.165, 1.54) is 11.4 Å². The molecule has 0 saturated heterocycles.